The fourth-order valence-corrected chi connectivity index (χ4v) is 2.95. The van der Waals surface area contributed by atoms with Gasteiger partial charge in [-0.2, -0.15) is 10.4 Å². The van der Waals surface area contributed by atoms with Crippen molar-refractivity contribution in [3.8, 4) is 6.07 Å². The van der Waals surface area contributed by atoms with Gasteiger partial charge in [-0.25, -0.2) is 0 Å². The summed E-state index contributed by atoms with van der Waals surface area (Å²) in [6, 6.07) is 2.58. The second-order valence-electron chi connectivity index (χ2n) is 5.29. The minimum Gasteiger partial charge on any atom is -0.273 e. The van der Waals surface area contributed by atoms with Crippen molar-refractivity contribution in [3.63, 3.8) is 0 Å². The molecule has 1 aliphatic rings. The molecule has 2 rings (SSSR count). The monoisotopic (exact) mass is 231 g/mol. The van der Waals surface area contributed by atoms with E-state index in [1.54, 1.807) is 0 Å². The van der Waals surface area contributed by atoms with E-state index in [1.165, 1.54) is 18.4 Å². The molecule has 0 aromatic carbocycles. The smallest absolute Gasteiger partial charge is 0.0693 e. The zero-order valence-corrected chi connectivity index (χ0v) is 10.8. The summed E-state index contributed by atoms with van der Waals surface area (Å²) in [7, 11) is 0. The fraction of sp³-hybridized carbons (Fsp3) is 0.714. The Morgan fingerprint density at radius 1 is 1.59 bits per heavy atom. The van der Waals surface area contributed by atoms with Crippen LogP contribution in [-0.4, -0.2) is 9.78 Å². The van der Waals surface area contributed by atoms with Gasteiger partial charge in [-0.05, 0) is 44.1 Å². The lowest BCUT2D eigenvalue weighted by molar-refractivity contribution is 0.380. The van der Waals surface area contributed by atoms with E-state index in [1.807, 2.05) is 10.9 Å². The average molecular weight is 231 g/mol. The van der Waals surface area contributed by atoms with Crippen molar-refractivity contribution in [2.45, 2.75) is 52.5 Å². The number of hydrogen-bond acceptors (Lipinski definition) is 2. The summed E-state index contributed by atoms with van der Waals surface area (Å²) < 4.78 is 1.94. The van der Waals surface area contributed by atoms with E-state index >= 15 is 0 Å². The number of aryl methyl sites for hydroxylation is 1. The molecule has 0 spiro atoms. The van der Waals surface area contributed by atoms with Gasteiger partial charge in [0.25, 0.3) is 0 Å². The fourth-order valence-electron chi connectivity index (χ4n) is 2.95. The minimum absolute atomic E-state index is 0.123. The number of nitriles is 1. The van der Waals surface area contributed by atoms with Crippen LogP contribution in [-0.2, 0) is 13.0 Å². The van der Waals surface area contributed by atoms with Crippen molar-refractivity contribution in [2.24, 2.45) is 11.3 Å². The molecular formula is C14H21N3. The van der Waals surface area contributed by atoms with E-state index in [9.17, 15) is 5.26 Å². The highest BCUT2D eigenvalue weighted by molar-refractivity contribution is 5.15. The molecule has 1 aromatic rings. The van der Waals surface area contributed by atoms with E-state index in [-0.39, 0.29) is 5.41 Å². The van der Waals surface area contributed by atoms with E-state index in [0.717, 1.165) is 31.7 Å². The molecule has 92 valence electrons. The second kappa shape index (κ2) is 4.91. The number of aromatic nitrogens is 2. The third kappa shape index (κ3) is 2.52. The van der Waals surface area contributed by atoms with E-state index in [0.29, 0.717) is 0 Å². The van der Waals surface area contributed by atoms with Crippen molar-refractivity contribution < 1.29 is 0 Å². The Morgan fingerprint density at radius 2 is 2.41 bits per heavy atom. The topological polar surface area (TPSA) is 41.6 Å². The highest BCUT2D eigenvalue weighted by Crippen LogP contribution is 2.44. The zero-order valence-electron chi connectivity index (χ0n) is 10.8. The van der Waals surface area contributed by atoms with Gasteiger partial charge in [-0.3, -0.25) is 4.68 Å². The Morgan fingerprint density at radius 3 is 2.94 bits per heavy atom. The Labute approximate surface area is 103 Å². The second-order valence-corrected chi connectivity index (χ2v) is 5.29. The zero-order chi connectivity index (χ0) is 12.3. The van der Waals surface area contributed by atoms with Crippen LogP contribution in [0.1, 0.15) is 45.1 Å². The van der Waals surface area contributed by atoms with Crippen molar-refractivity contribution >= 4 is 0 Å². The van der Waals surface area contributed by atoms with Crippen molar-refractivity contribution in [1.29, 1.82) is 5.26 Å². The standard InChI is InChI=1S/C14H21N3/c1-3-12-5-6-14(7-12,11-15)8-13-9-16-17(4-2)10-13/h9-10,12H,3-8H2,1-2H3. The van der Waals surface area contributed by atoms with Crippen LogP contribution in [0, 0.1) is 22.7 Å². The number of hydrogen-bond donors (Lipinski definition) is 0. The van der Waals surface area contributed by atoms with Crippen molar-refractivity contribution in [1.82, 2.24) is 9.78 Å². The van der Waals surface area contributed by atoms with E-state index in [4.69, 9.17) is 0 Å². The van der Waals surface area contributed by atoms with Crippen LogP contribution in [0.3, 0.4) is 0 Å². The van der Waals surface area contributed by atoms with Crippen LogP contribution in [0.4, 0.5) is 0 Å². The van der Waals surface area contributed by atoms with Crippen molar-refractivity contribution in [3.05, 3.63) is 18.0 Å². The Hall–Kier alpha value is -1.30. The first-order chi connectivity index (χ1) is 8.21. The molecule has 3 nitrogen and oxygen atoms in total. The lowest BCUT2D eigenvalue weighted by Crippen LogP contribution is -2.17. The lowest BCUT2D eigenvalue weighted by atomic mass is 9.81. The summed E-state index contributed by atoms with van der Waals surface area (Å²) >= 11 is 0. The molecule has 2 atom stereocenters. The molecule has 0 saturated heterocycles. The third-order valence-electron chi connectivity index (χ3n) is 4.08. The SMILES string of the molecule is CCC1CCC(C#N)(Cc2cnn(CC)c2)C1. The van der Waals surface area contributed by atoms with Crippen molar-refractivity contribution in [2.75, 3.05) is 0 Å². The van der Waals surface area contributed by atoms with E-state index in [2.05, 4.69) is 31.2 Å². The summed E-state index contributed by atoms with van der Waals surface area (Å²) in [5, 5.41) is 13.8. The van der Waals surface area contributed by atoms with Gasteiger partial charge in [0.05, 0.1) is 17.7 Å². The first-order valence-electron chi connectivity index (χ1n) is 6.64. The Kier molecular flexibility index (Phi) is 3.51. The maximum Gasteiger partial charge on any atom is 0.0693 e. The molecule has 1 aromatic heterocycles. The van der Waals surface area contributed by atoms with Crippen LogP contribution in [0.15, 0.2) is 12.4 Å². The summed E-state index contributed by atoms with van der Waals surface area (Å²) in [5.74, 6) is 0.746. The summed E-state index contributed by atoms with van der Waals surface area (Å²) in [6.07, 6.45) is 9.42. The first-order valence-corrected chi connectivity index (χ1v) is 6.64. The lowest BCUT2D eigenvalue weighted by Gasteiger charge is -2.19. The summed E-state index contributed by atoms with van der Waals surface area (Å²) in [5.41, 5.74) is 1.09. The highest BCUT2D eigenvalue weighted by atomic mass is 15.3. The van der Waals surface area contributed by atoms with Crippen LogP contribution in [0.25, 0.3) is 0 Å². The molecule has 0 amide bonds. The van der Waals surface area contributed by atoms with Gasteiger partial charge in [0.2, 0.25) is 0 Å². The molecule has 0 N–H and O–H groups in total. The largest absolute Gasteiger partial charge is 0.273 e. The van der Waals surface area contributed by atoms with Crippen LogP contribution >= 0.6 is 0 Å². The predicted octanol–water partition coefficient (Wildman–Crippen LogP) is 3.17. The molecular weight excluding hydrogens is 210 g/mol. The van der Waals surface area contributed by atoms with Gasteiger partial charge in [0.15, 0.2) is 0 Å². The Balaban J connectivity index is 2.08. The molecule has 1 heterocycles. The van der Waals surface area contributed by atoms with Crippen LogP contribution in [0.2, 0.25) is 0 Å². The van der Waals surface area contributed by atoms with E-state index < -0.39 is 0 Å². The van der Waals surface area contributed by atoms with Gasteiger partial charge in [-0.15, -0.1) is 0 Å². The van der Waals surface area contributed by atoms with Crippen LogP contribution in [0.5, 0.6) is 0 Å². The average Bonchev–Trinajstić information content (AvgIpc) is 2.97. The molecule has 0 bridgehead atoms. The number of rotatable bonds is 4. The molecule has 0 aliphatic heterocycles. The Bertz CT molecular complexity index is 415. The molecule has 3 heteroatoms. The third-order valence-corrected chi connectivity index (χ3v) is 4.08. The van der Waals surface area contributed by atoms with Gasteiger partial charge in [0, 0.05) is 12.7 Å². The quantitative estimate of drug-likeness (QED) is 0.798. The molecule has 1 saturated carbocycles. The maximum atomic E-state index is 9.48. The normalized spacial score (nSPS) is 28.2. The molecule has 17 heavy (non-hydrogen) atoms. The molecule has 0 radical (unpaired) electrons. The molecule has 2 unspecified atom stereocenters. The minimum atomic E-state index is -0.123. The van der Waals surface area contributed by atoms with Gasteiger partial charge in [-0.1, -0.05) is 13.3 Å². The van der Waals surface area contributed by atoms with Crippen LogP contribution < -0.4 is 0 Å². The van der Waals surface area contributed by atoms with Gasteiger partial charge < -0.3 is 0 Å². The highest BCUT2D eigenvalue weighted by Gasteiger charge is 2.38. The number of nitrogens with zero attached hydrogens (tertiary/aromatic N) is 3. The van der Waals surface area contributed by atoms with Gasteiger partial charge in [0.1, 0.15) is 0 Å². The first kappa shape index (κ1) is 12.2. The van der Waals surface area contributed by atoms with Gasteiger partial charge >= 0.3 is 0 Å². The summed E-state index contributed by atoms with van der Waals surface area (Å²) in [4.78, 5) is 0. The predicted molar refractivity (Wildman–Crippen MR) is 67.3 cm³/mol. The maximum absolute atomic E-state index is 9.48. The molecule has 1 fully saturated rings. The summed E-state index contributed by atoms with van der Waals surface area (Å²) in [6.45, 7) is 5.21. The molecule has 1 aliphatic carbocycles.